The number of hydrogen-bond donors (Lipinski definition) is 6. The minimum atomic E-state index is -5.08. The Morgan fingerprint density at radius 2 is 1.54 bits per heavy atom. The Hall–Kier alpha value is -4.09. The number of aromatic hydroxyl groups is 1. The smallest absolute Gasteiger partial charge is 0.490 e. The molecule has 1 heterocycles. The predicted octanol–water partition coefficient (Wildman–Crippen LogP) is 2.99. The molecule has 0 spiro atoms. The summed E-state index contributed by atoms with van der Waals surface area (Å²) in [5, 5.41) is 38.1. The van der Waals surface area contributed by atoms with Gasteiger partial charge in [0.25, 0.3) is 0 Å². The molecule has 0 bridgehead atoms. The molecule has 0 saturated heterocycles. The SMILES string of the molecule is NCCCCNCC(O)COc1cc(O)c2c(=O)c3ccccc3oc2c1.O=C(O)C(F)(F)F.O=C(O)C(F)(F)F. The Labute approximate surface area is 226 Å². The molecule has 11 nitrogen and oxygen atoms in total. The highest BCUT2D eigenvalue weighted by molar-refractivity contribution is 5.93. The third-order valence-corrected chi connectivity index (χ3v) is 4.75. The zero-order chi connectivity index (χ0) is 31.4. The molecule has 2 aromatic carbocycles. The summed E-state index contributed by atoms with van der Waals surface area (Å²) >= 11 is 0. The standard InChI is InChI=1S/C20H24N2O5.2C2HF3O2/c21-7-3-4-8-22-11-13(23)12-26-14-9-16(24)19-18(10-14)27-17-6-2-1-5-15(17)20(19)25;2*3-2(4,5)1(6)7/h1-2,5-6,9-10,13,22-24H,3-4,7-8,11-12,21H2;2*(H,6,7). The van der Waals surface area contributed by atoms with Crippen LogP contribution in [0, 0.1) is 0 Å². The second-order valence-corrected chi connectivity index (χ2v) is 8.01. The van der Waals surface area contributed by atoms with E-state index < -0.39 is 30.4 Å². The summed E-state index contributed by atoms with van der Waals surface area (Å²) in [6.45, 7) is 1.88. The fourth-order valence-electron chi connectivity index (χ4n) is 2.88. The molecule has 1 unspecified atom stereocenters. The van der Waals surface area contributed by atoms with Crippen molar-refractivity contribution in [2.24, 2.45) is 5.73 Å². The van der Waals surface area contributed by atoms with Crippen LogP contribution in [-0.4, -0.2) is 77.1 Å². The maximum atomic E-state index is 12.6. The van der Waals surface area contributed by atoms with Crippen LogP contribution in [0.5, 0.6) is 11.5 Å². The molecule has 1 aromatic heterocycles. The van der Waals surface area contributed by atoms with Crippen LogP contribution in [0.15, 0.2) is 45.6 Å². The molecule has 1 atom stereocenters. The summed E-state index contributed by atoms with van der Waals surface area (Å²) in [4.78, 5) is 30.4. The number of phenols is 1. The molecule has 17 heteroatoms. The average Bonchev–Trinajstić information content (AvgIpc) is 2.87. The molecule has 7 N–H and O–H groups in total. The van der Waals surface area contributed by atoms with Gasteiger partial charge in [0.2, 0.25) is 5.43 Å². The number of alkyl halides is 6. The molecule has 0 aliphatic carbocycles. The number of aliphatic hydroxyl groups excluding tert-OH is 1. The van der Waals surface area contributed by atoms with Crippen molar-refractivity contribution < 1.29 is 65.5 Å². The fraction of sp³-hybridized carbons (Fsp3) is 0.375. The molecular formula is C24H26F6N2O9. The van der Waals surface area contributed by atoms with Gasteiger partial charge in [0.15, 0.2) is 0 Å². The number of aliphatic hydroxyl groups is 1. The van der Waals surface area contributed by atoms with E-state index in [-0.39, 0.29) is 28.8 Å². The van der Waals surface area contributed by atoms with Crippen molar-refractivity contribution in [3.63, 3.8) is 0 Å². The highest BCUT2D eigenvalue weighted by Crippen LogP contribution is 2.30. The molecule has 228 valence electrons. The summed E-state index contributed by atoms with van der Waals surface area (Å²) in [6, 6.07) is 9.77. The number of phenolic OH excluding ortho intramolecular Hbond substituents is 1. The normalized spacial score (nSPS) is 12.1. The molecule has 0 radical (unpaired) electrons. The number of carbonyl (C=O) groups is 2. The van der Waals surface area contributed by atoms with Gasteiger partial charge >= 0.3 is 24.3 Å². The predicted molar refractivity (Wildman–Crippen MR) is 132 cm³/mol. The number of halogens is 6. The molecular weight excluding hydrogens is 574 g/mol. The molecule has 0 saturated carbocycles. The van der Waals surface area contributed by atoms with E-state index in [9.17, 15) is 41.4 Å². The third kappa shape index (κ3) is 11.9. The number of nitrogens with one attached hydrogen (secondary N) is 1. The zero-order valence-electron chi connectivity index (χ0n) is 21.0. The van der Waals surface area contributed by atoms with E-state index in [1.54, 1.807) is 30.3 Å². The van der Waals surface area contributed by atoms with Crippen LogP contribution in [0.2, 0.25) is 0 Å². The van der Waals surface area contributed by atoms with E-state index in [0.29, 0.717) is 29.8 Å². The number of carboxylic acid groups (broad SMARTS) is 2. The van der Waals surface area contributed by atoms with Crippen LogP contribution in [0.25, 0.3) is 21.9 Å². The van der Waals surface area contributed by atoms with Crippen LogP contribution in [0.1, 0.15) is 12.8 Å². The largest absolute Gasteiger partial charge is 0.507 e. The monoisotopic (exact) mass is 600 g/mol. The molecule has 0 fully saturated rings. The first-order valence-electron chi connectivity index (χ1n) is 11.5. The summed E-state index contributed by atoms with van der Waals surface area (Å²) in [7, 11) is 0. The molecule has 41 heavy (non-hydrogen) atoms. The number of rotatable bonds is 9. The van der Waals surface area contributed by atoms with E-state index in [1.807, 2.05) is 0 Å². The van der Waals surface area contributed by atoms with E-state index in [2.05, 4.69) is 5.32 Å². The number of benzene rings is 2. The Morgan fingerprint density at radius 3 is 2.07 bits per heavy atom. The first kappa shape index (κ1) is 34.9. The average molecular weight is 600 g/mol. The first-order valence-corrected chi connectivity index (χ1v) is 11.5. The number of ether oxygens (including phenoxy) is 1. The minimum Gasteiger partial charge on any atom is -0.507 e. The number of unbranched alkanes of at least 4 members (excludes halogenated alkanes) is 1. The molecule has 3 aromatic rings. The van der Waals surface area contributed by atoms with Gasteiger partial charge in [-0.2, -0.15) is 26.3 Å². The van der Waals surface area contributed by atoms with Gasteiger partial charge in [-0.15, -0.1) is 0 Å². The summed E-state index contributed by atoms with van der Waals surface area (Å²) in [5.41, 5.74) is 5.81. The summed E-state index contributed by atoms with van der Waals surface area (Å²) in [6.07, 6.45) is -8.98. The van der Waals surface area contributed by atoms with Gasteiger partial charge in [-0.1, -0.05) is 12.1 Å². The quantitative estimate of drug-likeness (QED) is 0.120. The van der Waals surface area contributed by atoms with Crippen molar-refractivity contribution in [2.45, 2.75) is 31.3 Å². The number of carboxylic acids is 2. The number of hydrogen-bond acceptors (Lipinski definition) is 9. The lowest BCUT2D eigenvalue weighted by Crippen LogP contribution is -2.32. The van der Waals surface area contributed by atoms with Crippen molar-refractivity contribution >= 4 is 33.9 Å². The molecule has 0 aliphatic heterocycles. The van der Waals surface area contributed by atoms with Crippen LogP contribution in [0.4, 0.5) is 26.3 Å². The lowest BCUT2D eigenvalue weighted by Gasteiger charge is -2.14. The molecule has 0 amide bonds. The van der Waals surface area contributed by atoms with Crippen LogP contribution >= 0.6 is 0 Å². The number of para-hydroxylation sites is 1. The van der Waals surface area contributed by atoms with Crippen molar-refractivity contribution in [1.82, 2.24) is 5.32 Å². The number of aliphatic carboxylic acids is 2. The van der Waals surface area contributed by atoms with Gasteiger partial charge in [0.05, 0.1) is 5.39 Å². The summed E-state index contributed by atoms with van der Waals surface area (Å²) < 4.78 is 74.8. The maximum Gasteiger partial charge on any atom is 0.490 e. The van der Waals surface area contributed by atoms with E-state index in [4.69, 9.17) is 34.7 Å². The van der Waals surface area contributed by atoms with Crippen LogP contribution in [-0.2, 0) is 9.59 Å². The highest BCUT2D eigenvalue weighted by Gasteiger charge is 2.38. The van der Waals surface area contributed by atoms with Crippen LogP contribution < -0.4 is 21.2 Å². The summed E-state index contributed by atoms with van der Waals surface area (Å²) in [5.74, 6) is -5.41. The van der Waals surface area contributed by atoms with E-state index in [0.717, 1.165) is 19.4 Å². The second kappa shape index (κ2) is 15.6. The Kier molecular flexibility index (Phi) is 13.3. The van der Waals surface area contributed by atoms with Gasteiger partial charge in [-0.05, 0) is 38.1 Å². The highest BCUT2D eigenvalue weighted by atomic mass is 19.4. The molecule has 0 aliphatic rings. The zero-order valence-corrected chi connectivity index (χ0v) is 21.0. The van der Waals surface area contributed by atoms with Gasteiger partial charge in [0, 0.05) is 18.7 Å². The van der Waals surface area contributed by atoms with Gasteiger partial charge in [-0.25, -0.2) is 9.59 Å². The lowest BCUT2D eigenvalue weighted by atomic mass is 10.1. The van der Waals surface area contributed by atoms with Crippen molar-refractivity contribution in [3.05, 3.63) is 46.6 Å². The van der Waals surface area contributed by atoms with Crippen molar-refractivity contribution in [1.29, 1.82) is 0 Å². The number of nitrogens with two attached hydrogens (primary N) is 1. The van der Waals surface area contributed by atoms with Gasteiger partial charge in [0.1, 0.15) is 40.8 Å². The van der Waals surface area contributed by atoms with Gasteiger partial charge < -0.3 is 40.6 Å². The van der Waals surface area contributed by atoms with E-state index >= 15 is 0 Å². The fourth-order valence-corrected chi connectivity index (χ4v) is 2.88. The van der Waals surface area contributed by atoms with Crippen molar-refractivity contribution in [3.8, 4) is 11.5 Å². The topological polar surface area (TPSA) is 193 Å². The lowest BCUT2D eigenvalue weighted by molar-refractivity contribution is -0.193. The minimum absolute atomic E-state index is 0.0483. The Morgan fingerprint density at radius 1 is 0.976 bits per heavy atom. The maximum absolute atomic E-state index is 12.6. The third-order valence-electron chi connectivity index (χ3n) is 4.75. The molecule has 3 rings (SSSR count). The Bertz CT molecular complexity index is 1340. The first-order chi connectivity index (χ1) is 19.0. The van der Waals surface area contributed by atoms with Gasteiger partial charge in [-0.3, -0.25) is 4.79 Å². The van der Waals surface area contributed by atoms with Crippen LogP contribution in [0.3, 0.4) is 0 Å². The van der Waals surface area contributed by atoms with Crippen molar-refractivity contribution in [2.75, 3.05) is 26.2 Å². The van der Waals surface area contributed by atoms with E-state index in [1.165, 1.54) is 6.07 Å². The number of fused-ring (bicyclic) bond motifs is 2. The Balaban J connectivity index is 0.000000497. The second-order valence-electron chi connectivity index (χ2n) is 8.01.